The molecule has 3 saturated heterocycles. The number of nitrogens with zero attached hydrogens (tertiary/aromatic N) is 1. The maximum Gasteiger partial charge on any atom is 0.343 e. The van der Waals surface area contributed by atoms with E-state index in [0.717, 1.165) is 11.1 Å². The van der Waals surface area contributed by atoms with Crippen molar-refractivity contribution >= 4 is 29.6 Å². The fraction of sp³-hybridized carbons (Fsp3) is 0.517. The summed E-state index contributed by atoms with van der Waals surface area (Å²) in [5.74, 6) is -4.03. The van der Waals surface area contributed by atoms with E-state index in [2.05, 4.69) is 12.1 Å². The predicted molar refractivity (Wildman–Crippen MR) is 270 cm³/mol. The number of nitriles is 1. The van der Waals surface area contributed by atoms with Crippen molar-refractivity contribution in [1.82, 2.24) is 0 Å². The van der Waals surface area contributed by atoms with E-state index < -0.39 is 88.6 Å². The SMILES string of the molecule is COC(=O)/C(C)=C\CC12OC(C)(C)[C@H]3C[C@H](C1=O)C1C(C#N)=C(N)OC4=C1C32Oc1c(CC=C(C)C)c2c(c(OC(=O)c3ccc(O[C@@H]5O[C@@H]6COC(C)(C)O[C@H]6[C@H](O)[C@H]5O)cc3)c14)C=CC(C)(CCC=C(C)C)O2. The fourth-order valence-electron chi connectivity index (χ4n) is 12.5. The lowest BCUT2D eigenvalue weighted by atomic mass is 9.45. The van der Waals surface area contributed by atoms with Crippen LogP contribution < -0.4 is 24.7 Å². The van der Waals surface area contributed by atoms with Crippen LogP contribution in [-0.2, 0) is 44.4 Å². The van der Waals surface area contributed by atoms with Crippen LogP contribution in [0.4, 0.5) is 0 Å². The maximum absolute atomic E-state index is 15.6. The quantitative estimate of drug-likeness (QED) is 0.0797. The first-order chi connectivity index (χ1) is 35.4. The molecule has 11 rings (SSSR count). The van der Waals surface area contributed by atoms with Crippen molar-refractivity contribution in [2.45, 2.75) is 160 Å². The monoisotopic (exact) mass is 1030 g/mol. The van der Waals surface area contributed by atoms with Gasteiger partial charge in [0.1, 0.15) is 64.7 Å². The van der Waals surface area contributed by atoms with Gasteiger partial charge in [-0.05, 0) is 131 Å². The van der Waals surface area contributed by atoms with Gasteiger partial charge in [-0.25, -0.2) is 9.59 Å². The summed E-state index contributed by atoms with van der Waals surface area (Å²) in [6.07, 6.45) is 5.75. The first-order valence-electron chi connectivity index (χ1n) is 25.6. The fourth-order valence-corrected chi connectivity index (χ4v) is 12.5. The zero-order valence-corrected chi connectivity index (χ0v) is 44.3. The minimum absolute atomic E-state index is 0.0244. The number of fused-ring (bicyclic) bond motifs is 4. The van der Waals surface area contributed by atoms with E-state index in [-0.39, 0.29) is 82.8 Å². The summed E-state index contributed by atoms with van der Waals surface area (Å²) in [4.78, 5) is 43.3. The van der Waals surface area contributed by atoms with Crippen molar-refractivity contribution in [3.8, 4) is 29.1 Å². The van der Waals surface area contributed by atoms with Crippen LogP contribution in [-0.4, -0.2) is 101 Å². The molecule has 4 unspecified atom stereocenters. The van der Waals surface area contributed by atoms with Gasteiger partial charge in [-0.2, -0.15) is 5.26 Å². The molecule has 17 nitrogen and oxygen atoms in total. The minimum Gasteiger partial charge on any atom is -0.482 e. The number of aliphatic hydroxyl groups is 2. The van der Waals surface area contributed by atoms with E-state index in [1.807, 2.05) is 66.7 Å². The van der Waals surface area contributed by atoms with Gasteiger partial charge >= 0.3 is 11.9 Å². The number of hydrogen-bond acceptors (Lipinski definition) is 17. The Morgan fingerprint density at radius 1 is 0.960 bits per heavy atom. The molecule has 75 heavy (non-hydrogen) atoms. The highest BCUT2D eigenvalue weighted by atomic mass is 16.8. The number of ether oxygens (including phenoxy) is 10. The molecular formula is C58H66N2O15. The van der Waals surface area contributed by atoms with Gasteiger partial charge in [-0.3, -0.25) is 4.79 Å². The Labute approximate surface area is 436 Å². The van der Waals surface area contributed by atoms with Crippen LogP contribution in [0.25, 0.3) is 11.8 Å². The molecule has 4 bridgehead atoms. The molecule has 6 fully saturated rings. The number of rotatable bonds is 12. The second kappa shape index (κ2) is 18.5. The van der Waals surface area contributed by atoms with Crippen LogP contribution in [0, 0.1) is 29.1 Å². The number of carbonyl (C=O) groups is 3. The van der Waals surface area contributed by atoms with Gasteiger partial charge in [0.2, 0.25) is 12.2 Å². The van der Waals surface area contributed by atoms with Gasteiger partial charge in [-0.15, -0.1) is 0 Å². The van der Waals surface area contributed by atoms with Crippen molar-refractivity contribution in [2.24, 2.45) is 23.5 Å². The molecule has 0 amide bonds. The first-order valence-corrected chi connectivity index (χ1v) is 25.6. The smallest absolute Gasteiger partial charge is 0.343 e. The zero-order chi connectivity index (χ0) is 53.9. The lowest BCUT2D eigenvalue weighted by molar-refractivity contribution is -0.373. The minimum atomic E-state index is -1.75. The molecule has 3 aliphatic carbocycles. The van der Waals surface area contributed by atoms with Crippen LogP contribution in [0.15, 0.2) is 82.3 Å². The third kappa shape index (κ3) is 8.31. The van der Waals surface area contributed by atoms with E-state index in [1.165, 1.54) is 31.4 Å². The molecule has 0 aromatic heterocycles. The molecule has 17 heteroatoms. The highest BCUT2D eigenvalue weighted by Gasteiger charge is 2.84. The van der Waals surface area contributed by atoms with E-state index >= 15 is 4.79 Å². The number of benzene rings is 2. The Balaban J connectivity index is 1.13. The van der Waals surface area contributed by atoms with Crippen LogP contribution in [0.2, 0.25) is 0 Å². The van der Waals surface area contributed by atoms with E-state index in [1.54, 1.807) is 26.8 Å². The molecule has 0 radical (unpaired) electrons. The van der Waals surface area contributed by atoms with Crippen LogP contribution in [0.1, 0.15) is 122 Å². The number of aliphatic hydroxyl groups excluding tert-OH is 2. The summed E-state index contributed by atoms with van der Waals surface area (Å²) in [5.41, 5.74) is 5.84. The Kier molecular flexibility index (Phi) is 12.9. The van der Waals surface area contributed by atoms with E-state index in [4.69, 9.17) is 53.1 Å². The van der Waals surface area contributed by atoms with Crippen molar-refractivity contribution in [3.05, 3.63) is 105 Å². The number of allylic oxidation sites excluding steroid dienone is 5. The normalized spacial score (nSPS) is 33.0. The molecule has 9 aliphatic rings. The molecule has 398 valence electrons. The summed E-state index contributed by atoms with van der Waals surface area (Å²) < 4.78 is 64.1. The maximum atomic E-state index is 15.6. The molecule has 1 spiro atoms. The van der Waals surface area contributed by atoms with Gasteiger partial charge in [0.25, 0.3) is 0 Å². The number of nitrogens with two attached hydrogens (primary N) is 1. The highest BCUT2D eigenvalue weighted by molar-refractivity contribution is 6.02. The first kappa shape index (κ1) is 52.2. The van der Waals surface area contributed by atoms with Crippen LogP contribution in [0.5, 0.6) is 23.0 Å². The predicted octanol–water partition coefficient (Wildman–Crippen LogP) is 7.76. The van der Waals surface area contributed by atoms with Crippen molar-refractivity contribution in [2.75, 3.05) is 13.7 Å². The van der Waals surface area contributed by atoms with Crippen LogP contribution >= 0.6 is 0 Å². The van der Waals surface area contributed by atoms with E-state index in [9.17, 15) is 25.1 Å². The largest absolute Gasteiger partial charge is 0.482 e. The van der Waals surface area contributed by atoms with Gasteiger partial charge in [0, 0.05) is 40.9 Å². The van der Waals surface area contributed by atoms with Gasteiger partial charge in [0.05, 0.1) is 36.0 Å². The summed E-state index contributed by atoms with van der Waals surface area (Å²) in [7, 11) is 1.29. The number of hydrogen-bond donors (Lipinski definition) is 3. The Morgan fingerprint density at radius 2 is 1.68 bits per heavy atom. The molecule has 2 aromatic rings. The van der Waals surface area contributed by atoms with Gasteiger partial charge in [-0.1, -0.05) is 29.4 Å². The topological polar surface area (TPSA) is 234 Å². The molecule has 2 aromatic carbocycles. The summed E-state index contributed by atoms with van der Waals surface area (Å²) in [6, 6.07) is 8.27. The van der Waals surface area contributed by atoms with Gasteiger partial charge in [0.15, 0.2) is 28.5 Å². The molecule has 11 atom stereocenters. The van der Waals surface area contributed by atoms with Crippen molar-refractivity contribution in [1.29, 1.82) is 5.26 Å². The van der Waals surface area contributed by atoms with E-state index in [0.29, 0.717) is 35.3 Å². The average molecular weight is 1030 g/mol. The average Bonchev–Trinajstić information content (AvgIpc) is 3.50. The highest BCUT2D eigenvalue weighted by Crippen LogP contribution is 2.74. The molecule has 6 heterocycles. The second-order valence-electron chi connectivity index (χ2n) is 22.6. The Morgan fingerprint density at radius 3 is 2.36 bits per heavy atom. The lowest BCUT2D eigenvalue weighted by Crippen LogP contribution is -2.75. The van der Waals surface area contributed by atoms with Crippen molar-refractivity contribution in [3.63, 3.8) is 0 Å². The Bertz CT molecular complexity index is 3000. The standard InChI is InChI=1S/C58H66N2O15/c1-28(2)13-12-22-56(10)23-21-34-44(73-56)33(19-14-29(3)4)46-40(45(34)71-52(65)31-15-17-32(18-16-31)68-53-43(62)42(61)47-37(69-53)27-67-55(8,9)72-47)48-41-39(36(26-59)50(60)70-48)35-25-38-54(6,7)75-57(49(35)63,58(38,41)74-46)24-20-30(5)51(64)66-11/h13-18,20-21,23,35,37-39,42-43,47,53,61-62H,12,19,22,24-25,27,60H2,1-11H3/b30-20-/t35-,37+,38+,39?,42+,43+,47+,53+,56?,57?,58?/m0/s1. The summed E-state index contributed by atoms with van der Waals surface area (Å²) >= 11 is 0. The number of methoxy groups -OCH3 is 1. The summed E-state index contributed by atoms with van der Waals surface area (Å²) in [5, 5.41) is 32.9. The number of carbonyl (C=O) groups excluding carboxylic acids is 3. The molecule has 3 saturated carbocycles. The molecular weight excluding hydrogens is 965 g/mol. The zero-order valence-electron chi connectivity index (χ0n) is 44.3. The number of esters is 2. The third-order valence-electron chi connectivity index (χ3n) is 16.1. The van der Waals surface area contributed by atoms with Gasteiger partial charge < -0.3 is 63.3 Å². The number of ketones is 1. The third-order valence-corrected chi connectivity index (χ3v) is 16.1. The van der Waals surface area contributed by atoms with Crippen molar-refractivity contribution < 1.29 is 72.0 Å². The summed E-state index contributed by atoms with van der Waals surface area (Å²) in [6.45, 7) is 19.0. The second-order valence-corrected chi connectivity index (χ2v) is 22.6. The number of Topliss-reactive ketones (excluding diaryl/α,β-unsaturated/α-hetero) is 1. The Hall–Kier alpha value is -6.26. The lowest BCUT2D eigenvalue weighted by Gasteiger charge is -2.61. The molecule has 4 N–H and O–H groups in total. The van der Waals surface area contributed by atoms with Crippen LogP contribution in [0.3, 0.4) is 0 Å². The molecule has 6 aliphatic heterocycles.